The Balaban J connectivity index is 2.67. The van der Waals surface area contributed by atoms with Gasteiger partial charge >= 0.3 is 5.97 Å². The zero-order valence-corrected chi connectivity index (χ0v) is 17.0. The van der Waals surface area contributed by atoms with Crippen molar-refractivity contribution in [3.63, 3.8) is 0 Å². The molecule has 0 fully saturated rings. The van der Waals surface area contributed by atoms with Crippen LogP contribution in [0.3, 0.4) is 0 Å². The van der Waals surface area contributed by atoms with Gasteiger partial charge in [0, 0.05) is 12.2 Å². The fraction of sp³-hybridized carbons (Fsp3) is 0.550. The highest BCUT2D eigenvalue weighted by Gasteiger charge is 2.36. The Morgan fingerprint density at radius 1 is 1.17 bits per heavy atom. The fourth-order valence-corrected chi connectivity index (χ4v) is 3.10. The van der Waals surface area contributed by atoms with Gasteiger partial charge in [-0.05, 0) is 49.5 Å². The van der Waals surface area contributed by atoms with E-state index >= 15 is 0 Å². The van der Waals surface area contributed by atoms with Crippen molar-refractivity contribution < 1.29 is 14.0 Å². The third kappa shape index (κ3) is 6.61. The summed E-state index contributed by atoms with van der Waals surface area (Å²) in [6, 6.07) is 9.88. The molecule has 0 aromatic heterocycles. The van der Waals surface area contributed by atoms with E-state index in [-0.39, 0.29) is 11.0 Å². The van der Waals surface area contributed by atoms with Crippen LogP contribution >= 0.6 is 0 Å². The second kappa shape index (κ2) is 9.18. The van der Waals surface area contributed by atoms with Crippen LogP contribution in [0.2, 0.25) is 18.1 Å². The minimum absolute atomic E-state index is 0.205. The van der Waals surface area contributed by atoms with Gasteiger partial charge in [0.15, 0.2) is 8.32 Å². The molecule has 1 aromatic carbocycles. The zero-order chi connectivity index (χ0) is 18.2. The lowest BCUT2D eigenvalue weighted by atomic mass is 10.1. The topological polar surface area (TPSA) is 35.5 Å². The summed E-state index contributed by atoms with van der Waals surface area (Å²) in [5.41, 5.74) is 1.73. The number of ether oxygens (including phenoxy) is 1. The monoisotopic (exact) mass is 348 g/mol. The lowest BCUT2D eigenvalue weighted by molar-refractivity contribution is -0.138. The Bertz CT molecular complexity index is 542. The average molecular weight is 349 g/mol. The lowest BCUT2D eigenvalue weighted by Crippen LogP contribution is -2.41. The Hall–Kier alpha value is -1.39. The molecule has 0 N–H and O–H groups in total. The second-order valence-corrected chi connectivity index (χ2v) is 12.3. The van der Waals surface area contributed by atoms with Gasteiger partial charge in [0.05, 0.1) is 6.61 Å². The van der Waals surface area contributed by atoms with E-state index in [0.717, 1.165) is 12.0 Å². The van der Waals surface area contributed by atoms with Gasteiger partial charge in [-0.3, -0.25) is 0 Å². The van der Waals surface area contributed by atoms with Crippen LogP contribution in [0.5, 0.6) is 0 Å². The largest absolute Gasteiger partial charge is 0.463 e. The van der Waals surface area contributed by atoms with Crippen LogP contribution < -0.4 is 0 Å². The first kappa shape index (κ1) is 20.7. The molecule has 0 aliphatic rings. The standard InChI is InChI=1S/C20H32O3Si/c1-7-22-19(21)18(16-17-12-9-8-10-13-17)14-11-15-23-24(5,6)20(2,3)4/h8-10,12-13,16H,7,11,14-15H2,1-6H3/b18-16+. The van der Waals surface area contributed by atoms with E-state index in [2.05, 4.69) is 33.9 Å². The van der Waals surface area contributed by atoms with Gasteiger partial charge in [0.1, 0.15) is 0 Å². The van der Waals surface area contributed by atoms with E-state index in [1.165, 1.54) is 0 Å². The van der Waals surface area contributed by atoms with Crippen LogP contribution in [-0.4, -0.2) is 27.5 Å². The van der Waals surface area contributed by atoms with E-state index in [9.17, 15) is 4.79 Å². The first-order valence-electron chi connectivity index (χ1n) is 8.74. The summed E-state index contributed by atoms with van der Waals surface area (Å²) >= 11 is 0. The highest BCUT2D eigenvalue weighted by atomic mass is 28.4. The maximum absolute atomic E-state index is 12.2. The number of esters is 1. The van der Waals surface area contributed by atoms with Crippen molar-refractivity contribution in [2.45, 2.75) is 58.7 Å². The summed E-state index contributed by atoms with van der Waals surface area (Å²) in [5, 5.41) is 0.205. The molecule has 134 valence electrons. The molecule has 24 heavy (non-hydrogen) atoms. The number of hydrogen-bond acceptors (Lipinski definition) is 3. The van der Waals surface area contributed by atoms with E-state index in [1.54, 1.807) is 0 Å². The van der Waals surface area contributed by atoms with Crippen LogP contribution in [0.15, 0.2) is 35.9 Å². The SMILES string of the molecule is CCOC(=O)/C(=C/c1ccccc1)CCCO[Si](C)(C)C(C)(C)C. The third-order valence-corrected chi connectivity index (χ3v) is 9.08. The number of benzene rings is 1. The summed E-state index contributed by atoms with van der Waals surface area (Å²) in [6.45, 7) is 14.1. The Labute approximate surface area is 148 Å². The molecule has 0 heterocycles. The van der Waals surface area contributed by atoms with Gasteiger partial charge in [0.25, 0.3) is 0 Å². The van der Waals surface area contributed by atoms with Crippen LogP contribution in [0.4, 0.5) is 0 Å². The molecule has 0 radical (unpaired) electrons. The van der Waals surface area contributed by atoms with Gasteiger partial charge in [0.2, 0.25) is 0 Å². The van der Waals surface area contributed by atoms with Crippen molar-refractivity contribution >= 4 is 20.4 Å². The Morgan fingerprint density at radius 3 is 2.33 bits per heavy atom. The number of carbonyl (C=O) groups excluding carboxylic acids is 1. The van der Waals surface area contributed by atoms with E-state index in [4.69, 9.17) is 9.16 Å². The number of hydrogen-bond donors (Lipinski definition) is 0. The van der Waals surface area contributed by atoms with Crippen molar-refractivity contribution in [3.8, 4) is 0 Å². The van der Waals surface area contributed by atoms with Gasteiger partial charge in [-0.25, -0.2) is 4.79 Å². The molecule has 0 amide bonds. The molecule has 0 bridgehead atoms. The van der Waals surface area contributed by atoms with Gasteiger partial charge in [-0.1, -0.05) is 51.1 Å². The van der Waals surface area contributed by atoms with Crippen LogP contribution in [0, 0.1) is 0 Å². The van der Waals surface area contributed by atoms with Crippen LogP contribution in [0.1, 0.15) is 46.1 Å². The summed E-state index contributed by atoms with van der Waals surface area (Å²) in [5.74, 6) is -0.228. The molecule has 0 aliphatic heterocycles. The molecule has 0 atom stereocenters. The maximum Gasteiger partial charge on any atom is 0.334 e. The van der Waals surface area contributed by atoms with Crippen molar-refractivity contribution in [1.29, 1.82) is 0 Å². The molecule has 0 spiro atoms. The molecule has 1 rings (SSSR count). The minimum atomic E-state index is -1.73. The molecule has 0 saturated heterocycles. The smallest absolute Gasteiger partial charge is 0.334 e. The first-order valence-corrected chi connectivity index (χ1v) is 11.6. The average Bonchev–Trinajstić information content (AvgIpc) is 2.50. The Kier molecular flexibility index (Phi) is 7.90. The first-order chi connectivity index (χ1) is 11.2. The summed E-state index contributed by atoms with van der Waals surface area (Å²) in [6.07, 6.45) is 3.41. The van der Waals surface area contributed by atoms with E-state index in [0.29, 0.717) is 25.2 Å². The third-order valence-electron chi connectivity index (χ3n) is 4.54. The van der Waals surface area contributed by atoms with Crippen molar-refractivity contribution in [2.75, 3.05) is 13.2 Å². The van der Waals surface area contributed by atoms with Gasteiger partial charge < -0.3 is 9.16 Å². The minimum Gasteiger partial charge on any atom is -0.463 e. The lowest BCUT2D eigenvalue weighted by Gasteiger charge is -2.36. The fourth-order valence-electron chi connectivity index (χ4n) is 2.01. The van der Waals surface area contributed by atoms with Gasteiger partial charge in [-0.15, -0.1) is 0 Å². The highest BCUT2D eigenvalue weighted by Crippen LogP contribution is 2.36. The van der Waals surface area contributed by atoms with Crippen LogP contribution in [-0.2, 0) is 14.0 Å². The molecule has 0 saturated carbocycles. The molecular formula is C20H32O3Si. The predicted octanol–water partition coefficient (Wildman–Crippen LogP) is 5.44. The molecule has 3 nitrogen and oxygen atoms in total. The van der Waals surface area contributed by atoms with Crippen molar-refractivity contribution in [1.82, 2.24) is 0 Å². The predicted molar refractivity (Wildman–Crippen MR) is 103 cm³/mol. The summed E-state index contributed by atoms with van der Waals surface area (Å²) < 4.78 is 11.4. The highest BCUT2D eigenvalue weighted by molar-refractivity contribution is 6.74. The maximum atomic E-state index is 12.2. The quantitative estimate of drug-likeness (QED) is 0.272. The molecule has 0 unspecified atom stereocenters. The zero-order valence-electron chi connectivity index (χ0n) is 16.0. The molecule has 4 heteroatoms. The van der Waals surface area contributed by atoms with Gasteiger partial charge in [-0.2, -0.15) is 0 Å². The molecule has 0 aliphatic carbocycles. The number of rotatable bonds is 8. The molecular weight excluding hydrogens is 316 g/mol. The summed E-state index contributed by atoms with van der Waals surface area (Å²) in [4.78, 5) is 12.2. The second-order valence-electron chi connectivity index (χ2n) is 7.51. The number of carbonyl (C=O) groups is 1. The van der Waals surface area contributed by atoms with E-state index in [1.807, 2.05) is 43.3 Å². The van der Waals surface area contributed by atoms with Crippen LogP contribution in [0.25, 0.3) is 6.08 Å². The normalized spacial score (nSPS) is 13.0. The summed E-state index contributed by atoms with van der Waals surface area (Å²) in [7, 11) is -1.73. The van der Waals surface area contributed by atoms with Crippen molar-refractivity contribution in [2.24, 2.45) is 0 Å². The van der Waals surface area contributed by atoms with Crippen molar-refractivity contribution in [3.05, 3.63) is 41.5 Å². The molecule has 1 aromatic rings. The Morgan fingerprint density at radius 2 is 1.79 bits per heavy atom. The van der Waals surface area contributed by atoms with E-state index < -0.39 is 8.32 Å².